The van der Waals surface area contributed by atoms with Gasteiger partial charge in [-0.2, -0.15) is 0 Å². The molecule has 0 spiro atoms. The summed E-state index contributed by atoms with van der Waals surface area (Å²) < 4.78 is 18.3. The fourth-order valence-electron chi connectivity index (χ4n) is 2.74. The van der Waals surface area contributed by atoms with Gasteiger partial charge >= 0.3 is 5.97 Å². The van der Waals surface area contributed by atoms with E-state index in [1.165, 1.54) is 12.1 Å². The summed E-state index contributed by atoms with van der Waals surface area (Å²) in [5.74, 6) is -1.06. The van der Waals surface area contributed by atoms with Crippen molar-refractivity contribution in [3.8, 4) is 0 Å². The van der Waals surface area contributed by atoms with Crippen molar-refractivity contribution in [2.24, 2.45) is 0 Å². The Hall–Kier alpha value is -3.47. The molecule has 1 atom stereocenters. The monoisotopic (exact) mass is 377 g/mol. The van der Waals surface area contributed by atoms with Crippen LogP contribution in [0.25, 0.3) is 0 Å². The summed E-state index contributed by atoms with van der Waals surface area (Å²) >= 11 is 0. The van der Waals surface area contributed by atoms with Crippen molar-refractivity contribution in [2.75, 3.05) is 0 Å². The fraction of sp³-hybridized carbons (Fsp3) is 0.130. The van der Waals surface area contributed by atoms with Crippen molar-refractivity contribution in [3.05, 3.63) is 107 Å². The highest BCUT2D eigenvalue weighted by molar-refractivity contribution is 5.94. The van der Waals surface area contributed by atoms with Gasteiger partial charge in [-0.25, -0.2) is 4.39 Å². The first-order valence-corrected chi connectivity index (χ1v) is 8.93. The number of amides is 1. The molecule has 3 aromatic rings. The van der Waals surface area contributed by atoms with Gasteiger partial charge in [0.25, 0.3) is 5.91 Å². The summed E-state index contributed by atoms with van der Waals surface area (Å²) in [4.78, 5) is 24.9. The highest BCUT2D eigenvalue weighted by atomic mass is 19.1. The minimum Gasteiger partial charge on any atom is -0.461 e. The molecular formula is C23H20FNO3. The molecule has 3 rings (SSSR count). The largest absolute Gasteiger partial charge is 0.461 e. The maximum absolute atomic E-state index is 13.0. The van der Waals surface area contributed by atoms with Crippen LogP contribution in [-0.4, -0.2) is 11.9 Å². The van der Waals surface area contributed by atoms with Gasteiger partial charge in [-0.05, 0) is 35.4 Å². The molecule has 0 heterocycles. The molecule has 3 aromatic carbocycles. The SMILES string of the molecule is O=C(C[C@@H](NC(=O)c1ccccc1)c1ccccc1)OCc1ccc(F)cc1. The molecule has 0 aliphatic carbocycles. The van der Waals surface area contributed by atoms with Crippen molar-refractivity contribution in [3.63, 3.8) is 0 Å². The van der Waals surface area contributed by atoms with E-state index < -0.39 is 12.0 Å². The van der Waals surface area contributed by atoms with E-state index in [1.807, 2.05) is 36.4 Å². The zero-order valence-corrected chi connectivity index (χ0v) is 15.2. The summed E-state index contributed by atoms with van der Waals surface area (Å²) in [5, 5.41) is 2.90. The predicted octanol–water partition coefficient (Wildman–Crippen LogP) is 4.43. The molecule has 0 bridgehead atoms. The predicted molar refractivity (Wildman–Crippen MR) is 104 cm³/mol. The highest BCUT2D eigenvalue weighted by Gasteiger charge is 2.20. The Balaban J connectivity index is 1.66. The highest BCUT2D eigenvalue weighted by Crippen LogP contribution is 2.19. The Bertz CT molecular complexity index is 912. The van der Waals surface area contributed by atoms with E-state index in [4.69, 9.17) is 4.74 Å². The van der Waals surface area contributed by atoms with Gasteiger partial charge in [-0.15, -0.1) is 0 Å². The number of hydrogen-bond donors (Lipinski definition) is 1. The zero-order chi connectivity index (χ0) is 19.8. The summed E-state index contributed by atoms with van der Waals surface area (Å²) in [6.45, 7) is 0.0489. The minimum absolute atomic E-state index is 0.0101. The molecule has 5 heteroatoms. The van der Waals surface area contributed by atoms with Gasteiger partial charge in [0.2, 0.25) is 0 Å². The van der Waals surface area contributed by atoms with Gasteiger partial charge in [0.05, 0.1) is 12.5 Å². The van der Waals surface area contributed by atoms with E-state index >= 15 is 0 Å². The third-order valence-electron chi connectivity index (χ3n) is 4.23. The zero-order valence-electron chi connectivity index (χ0n) is 15.2. The second-order valence-electron chi connectivity index (χ2n) is 6.29. The average Bonchev–Trinajstić information content (AvgIpc) is 2.74. The van der Waals surface area contributed by atoms with Gasteiger partial charge in [-0.1, -0.05) is 60.7 Å². The van der Waals surface area contributed by atoms with Crippen LogP contribution in [-0.2, 0) is 16.1 Å². The number of benzene rings is 3. The standard InChI is InChI=1S/C23H20FNO3/c24-20-13-11-17(12-14-20)16-28-22(26)15-21(18-7-3-1-4-8-18)25-23(27)19-9-5-2-6-10-19/h1-14,21H,15-16H2,(H,25,27)/t21-/m1/s1. The Morgan fingerprint density at radius 1 is 0.857 bits per heavy atom. The number of esters is 1. The topological polar surface area (TPSA) is 55.4 Å². The maximum Gasteiger partial charge on any atom is 0.308 e. The van der Waals surface area contributed by atoms with Crippen LogP contribution in [0.3, 0.4) is 0 Å². The van der Waals surface area contributed by atoms with Crippen molar-refractivity contribution >= 4 is 11.9 Å². The second kappa shape index (κ2) is 9.46. The van der Waals surface area contributed by atoms with Crippen molar-refractivity contribution < 1.29 is 18.7 Å². The lowest BCUT2D eigenvalue weighted by molar-refractivity contribution is -0.145. The van der Waals surface area contributed by atoms with E-state index in [0.717, 1.165) is 5.56 Å². The van der Waals surface area contributed by atoms with Gasteiger partial charge in [0.15, 0.2) is 0 Å². The van der Waals surface area contributed by atoms with Gasteiger partial charge < -0.3 is 10.1 Å². The summed E-state index contributed by atoms with van der Waals surface area (Å²) in [7, 11) is 0. The van der Waals surface area contributed by atoms with E-state index in [0.29, 0.717) is 11.1 Å². The molecule has 0 aromatic heterocycles. The smallest absolute Gasteiger partial charge is 0.308 e. The number of ether oxygens (including phenoxy) is 1. The first kappa shape index (κ1) is 19.3. The molecule has 0 fully saturated rings. The molecule has 0 aliphatic heterocycles. The van der Waals surface area contributed by atoms with Crippen LogP contribution in [0.2, 0.25) is 0 Å². The van der Waals surface area contributed by atoms with E-state index in [9.17, 15) is 14.0 Å². The maximum atomic E-state index is 13.0. The molecule has 1 N–H and O–H groups in total. The number of rotatable bonds is 7. The second-order valence-corrected chi connectivity index (χ2v) is 6.29. The summed E-state index contributed by atoms with van der Waals surface area (Å²) in [6, 6.07) is 23.3. The van der Waals surface area contributed by atoms with Gasteiger partial charge in [0.1, 0.15) is 12.4 Å². The Kier molecular flexibility index (Phi) is 6.52. The molecular weight excluding hydrogens is 357 g/mol. The lowest BCUT2D eigenvalue weighted by Gasteiger charge is -2.19. The average molecular weight is 377 g/mol. The molecule has 1 amide bonds. The molecule has 0 saturated carbocycles. The number of nitrogens with one attached hydrogen (secondary N) is 1. The molecule has 0 radical (unpaired) electrons. The molecule has 0 saturated heterocycles. The molecule has 28 heavy (non-hydrogen) atoms. The first-order chi connectivity index (χ1) is 13.6. The molecule has 0 aliphatic rings. The van der Waals surface area contributed by atoms with Crippen LogP contribution in [0.5, 0.6) is 0 Å². The van der Waals surface area contributed by atoms with Crippen LogP contribution in [0, 0.1) is 5.82 Å². The van der Waals surface area contributed by atoms with Crippen LogP contribution in [0.4, 0.5) is 4.39 Å². The van der Waals surface area contributed by atoms with Crippen molar-refractivity contribution in [2.45, 2.75) is 19.1 Å². The van der Waals surface area contributed by atoms with Crippen LogP contribution < -0.4 is 5.32 Å². The molecule has 4 nitrogen and oxygen atoms in total. The number of carbonyl (C=O) groups is 2. The Morgan fingerprint density at radius 2 is 1.46 bits per heavy atom. The quantitative estimate of drug-likeness (QED) is 0.620. The van der Waals surface area contributed by atoms with Crippen LogP contribution >= 0.6 is 0 Å². The van der Waals surface area contributed by atoms with E-state index in [-0.39, 0.29) is 24.8 Å². The minimum atomic E-state index is -0.519. The summed E-state index contributed by atoms with van der Waals surface area (Å²) in [5.41, 5.74) is 2.02. The first-order valence-electron chi connectivity index (χ1n) is 8.93. The van der Waals surface area contributed by atoms with Gasteiger partial charge in [0, 0.05) is 5.56 Å². The number of halogens is 1. The lowest BCUT2D eigenvalue weighted by atomic mass is 10.0. The normalized spacial score (nSPS) is 11.5. The Morgan fingerprint density at radius 3 is 2.11 bits per heavy atom. The molecule has 0 unspecified atom stereocenters. The van der Waals surface area contributed by atoms with Crippen LogP contribution in [0.1, 0.15) is 33.9 Å². The van der Waals surface area contributed by atoms with Crippen molar-refractivity contribution in [1.82, 2.24) is 5.32 Å². The van der Waals surface area contributed by atoms with Crippen molar-refractivity contribution in [1.29, 1.82) is 0 Å². The Labute approximate surface area is 163 Å². The van der Waals surface area contributed by atoms with Gasteiger partial charge in [-0.3, -0.25) is 9.59 Å². The van der Waals surface area contributed by atoms with Crippen LogP contribution in [0.15, 0.2) is 84.9 Å². The third kappa shape index (κ3) is 5.51. The third-order valence-corrected chi connectivity index (χ3v) is 4.23. The van der Waals surface area contributed by atoms with E-state index in [2.05, 4.69) is 5.32 Å². The molecule has 142 valence electrons. The van der Waals surface area contributed by atoms with E-state index in [1.54, 1.807) is 36.4 Å². The number of carbonyl (C=O) groups excluding carboxylic acids is 2. The lowest BCUT2D eigenvalue weighted by Crippen LogP contribution is -2.30. The number of hydrogen-bond acceptors (Lipinski definition) is 3. The fourth-order valence-corrected chi connectivity index (χ4v) is 2.74. The summed E-state index contributed by atoms with van der Waals surface area (Å²) in [6.07, 6.45) is -0.0101.